The fourth-order valence-electron chi connectivity index (χ4n) is 2.88. The van der Waals surface area contributed by atoms with Gasteiger partial charge in [-0.15, -0.1) is 0 Å². The molecule has 0 aliphatic heterocycles. The van der Waals surface area contributed by atoms with Gasteiger partial charge in [0.15, 0.2) is 0 Å². The summed E-state index contributed by atoms with van der Waals surface area (Å²) in [5.74, 6) is -0.471. The van der Waals surface area contributed by atoms with Crippen molar-refractivity contribution in [2.75, 3.05) is 20.3 Å². The molecule has 0 saturated carbocycles. The summed E-state index contributed by atoms with van der Waals surface area (Å²) in [4.78, 5) is 12.3. The number of hydrogen-bond acceptors (Lipinski definition) is 5. The van der Waals surface area contributed by atoms with Crippen LogP contribution in [0.1, 0.15) is 15.9 Å². The van der Waals surface area contributed by atoms with Gasteiger partial charge in [-0.2, -0.15) is 0 Å². The Balaban J connectivity index is 1.64. The monoisotopic (exact) mass is 492 g/mol. The average Bonchev–Trinajstić information content (AvgIpc) is 2.81. The van der Waals surface area contributed by atoms with Crippen LogP contribution in [-0.4, -0.2) is 34.6 Å². The van der Waals surface area contributed by atoms with Crippen LogP contribution in [0.3, 0.4) is 0 Å². The largest absolute Gasteiger partial charge is 0.495 e. The third-order valence-corrected chi connectivity index (χ3v) is 6.22. The molecule has 0 saturated heterocycles. The lowest BCUT2D eigenvalue weighted by atomic mass is 10.2. The Morgan fingerprint density at radius 2 is 1.82 bits per heavy atom. The smallest absolute Gasteiger partial charge is 0.251 e. The molecule has 0 heterocycles. The standard InChI is InChI=1S/C23H22ClFN2O5S/c1-31-21-10-7-17(23(28)26-11-12-32-20-4-2-3-19(25)14-20)13-22(21)33(29,30)27-15-16-5-8-18(24)9-6-16/h2-10,13-14,27H,11-12,15H2,1H3,(H,26,28). The van der Waals surface area contributed by atoms with Gasteiger partial charge in [-0.1, -0.05) is 29.8 Å². The van der Waals surface area contributed by atoms with Gasteiger partial charge in [0.1, 0.15) is 28.8 Å². The van der Waals surface area contributed by atoms with E-state index in [9.17, 15) is 17.6 Å². The molecule has 0 aliphatic carbocycles. The SMILES string of the molecule is COc1ccc(C(=O)NCCOc2cccc(F)c2)cc1S(=O)(=O)NCc1ccc(Cl)cc1. The fourth-order valence-corrected chi connectivity index (χ4v) is 4.22. The Kier molecular flexibility index (Phi) is 8.26. The first-order valence-electron chi connectivity index (χ1n) is 9.87. The van der Waals surface area contributed by atoms with Crippen LogP contribution in [0.5, 0.6) is 11.5 Å². The summed E-state index contributed by atoms with van der Waals surface area (Å²) in [6.45, 7) is 0.286. The number of hydrogen-bond donors (Lipinski definition) is 2. The van der Waals surface area contributed by atoms with Crippen LogP contribution >= 0.6 is 11.6 Å². The van der Waals surface area contributed by atoms with Crippen molar-refractivity contribution in [1.82, 2.24) is 10.0 Å². The molecule has 0 aromatic heterocycles. The second-order valence-electron chi connectivity index (χ2n) is 6.88. The van der Waals surface area contributed by atoms with Gasteiger partial charge in [-0.25, -0.2) is 17.5 Å². The summed E-state index contributed by atoms with van der Waals surface area (Å²) < 4.78 is 52.0. The van der Waals surface area contributed by atoms with Gasteiger partial charge >= 0.3 is 0 Å². The highest BCUT2D eigenvalue weighted by atomic mass is 35.5. The van der Waals surface area contributed by atoms with Gasteiger partial charge in [0, 0.05) is 23.2 Å². The molecule has 0 radical (unpaired) electrons. The Hall–Kier alpha value is -3.14. The van der Waals surface area contributed by atoms with Crippen molar-refractivity contribution in [2.24, 2.45) is 0 Å². The van der Waals surface area contributed by atoms with Crippen molar-refractivity contribution < 1.29 is 27.1 Å². The highest BCUT2D eigenvalue weighted by Crippen LogP contribution is 2.25. The molecule has 0 spiro atoms. The molecule has 0 unspecified atom stereocenters. The van der Waals surface area contributed by atoms with E-state index in [4.69, 9.17) is 21.1 Å². The van der Waals surface area contributed by atoms with Crippen molar-refractivity contribution in [1.29, 1.82) is 0 Å². The number of carbonyl (C=O) groups excluding carboxylic acids is 1. The zero-order valence-corrected chi connectivity index (χ0v) is 19.3. The van der Waals surface area contributed by atoms with Crippen LogP contribution in [0, 0.1) is 5.82 Å². The Morgan fingerprint density at radius 3 is 2.52 bits per heavy atom. The number of carbonyl (C=O) groups is 1. The molecule has 33 heavy (non-hydrogen) atoms. The predicted octanol–water partition coefficient (Wildman–Crippen LogP) is 3.78. The Morgan fingerprint density at radius 1 is 1.06 bits per heavy atom. The van der Waals surface area contributed by atoms with E-state index in [-0.39, 0.29) is 35.9 Å². The molecular weight excluding hydrogens is 471 g/mol. The number of halogens is 2. The van der Waals surface area contributed by atoms with Crippen LogP contribution < -0.4 is 19.5 Å². The molecule has 0 aliphatic rings. The van der Waals surface area contributed by atoms with E-state index in [2.05, 4.69) is 10.0 Å². The second-order valence-corrected chi connectivity index (χ2v) is 9.05. The van der Waals surface area contributed by atoms with Gasteiger partial charge in [-0.3, -0.25) is 4.79 Å². The average molecular weight is 493 g/mol. The first kappa shape index (κ1) is 24.5. The summed E-state index contributed by atoms with van der Waals surface area (Å²) >= 11 is 5.85. The van der Waals surface area contributed by atoms with Crippen LogP contribution in [0.2, 0.25) is 5.02 Å². The topological polar surface area (TPSA) is 93.7 Å². The van der Waals surface area contributed by atoms with Crippen molar-refractivity contribution in [3.63, 3.8) is 0 Å². The molecule has 10 heteroatoms. The normalized spacial score (nSPS) is 11.1. The van der Waals surface area contributed by atoms with Gasteiger partial charge < -0.3 is 14.8 Å². The maximum Gasteiger partial charge on any atom is 0.251 e. The number of benzene rings is 3. The Bertz CT molecular complexity index is 1220. The van der Waals surface area contributed by atoms with Crippen LogP contribution in [-0.2, 0) is 16.6 Å². The number of nitrogens with one attached hydrogen (secondary N) is 2. The number of methoxy groups -OCH3 is 1. The van der Waals surface area contributed by atoms with Crippen molar-refractivity contribution >= 4 is 27.5 Å². The van der Waals surface area contributed by atoms with Gasteiger partial charge in [0.2, 0.25) is 10.0 Å². The highest BCUT2D eigenvalue weighted by molar-refractivity contribution is 7.89. The lowest BCUT2D eigenvalue weighted by Gasteiger charge is -2.13. The van der Waals surface area contributed by atoms with E-state index in [1.165, 1.54) is 43.5 Å². The van der Waals surface area contributed by atoms with E-state index in [0.717, 1.165) is 0 Å². The van der Waals surface area contributed by atoms with E-state index < -0.39 is 21.7 Å². The third kappa shape index (κ3) is 6.92. The maximum absolute atomic E-state index is 13.2. The zero-order valence-electron chi connectivity index (χ0n) is 17.7. The lowest BCUT2D eigenvalue weighted by Crippen LogP contribution is -2.29. The van der Waals surface area contributed by atoms with Gasteiger partial charge in [-0.05, 0) is 48.0 Å². The number of amides is 1. The molecule has 3 aromatic rings. The molecule has 7 nitrogen and oxygen atoms in total. The minimum atomic E-state index is -3.98. The number of rotatable bonds is 10. The summed E-state index contributed by atoms with van der Waals surface area (Å²) in [7, 11) is -2.64. The van der Waals surface area contributed by atoms with E-state index in [0.29, 0.717) is 16.3 Å². The summed E-state index contributed by atoms with van der Waals surface area (Å²) in [5.41, 5.74) is 0.850. The summed E-state index contributed by atoms with van der Waals surface area (Å²) in [5, 5.41) is 3.18. The minimum Gasteiger partial charge on any atom is -0.495 e. The third-order valence-electron chi connectivity index (χ3n) is 4.55. The number of sulfonamides is 1. The highest BCUT2D eigenvalue weighted by Gasteiger charge is 2.21. The second kappa shape index (κ2) is 11.1. The first-order chi connectivity index (χ1) is 15.8. The molecule has 174 valence electrons. The summed E-state index contributed by atoms with van der Waals surface area (Å²) in [6.07, 6.45) is 0. The molecule has 3 rings (SSSR count). The predicted molar refractivity (Wildman–Crippen MR) is 123 cm³/mol. The molecule has 1 amide bonds. The van der Waals surface area contributed by atoms with Gasteiger partial charge in [0.05, 0.1) is 13.7 Å². The lowest BCUT2D eigenvalue weighted by molar-refractivity contribution is 0.0946. The first-order valence-corrected chi connectivity index (χ1v) is 11.7. The van der Waals surface area contributed by atoms with Gasteiger partial charge in [0.25, 0.3) is 5.91 Å². The quantitative estimate of drug-likeness (QED) is 0.420. The molecular formula is C23H22ClFN2O5S. The van der Waals surface area contributed by atoms with Crippen molar-refractivity contribution in [3.8, 4) is 11.5 Å². The fraction of sp³-hybridized carbons (Fsp3) is 0.174. The van der Waals surface area contributed by atoms with E-state index in [1.54, 1.807) is 30.3 Å². The minimum absolute atomic E-state index is 0.0382. The van der Waals surface area contributed by atoms with Crippen LogP contribution in [0.4, 0.5) is 4.39 Å². The molecule has 0 atom stereocenters. The molecule has 0 bridgehead atoms. The molecule has 2 N–H and O–H groups in total. The van der Waals surface area contributed by atoms with Crippen LogP contribution in [0.15, 0.2) is 71.6 Å². The van der Waals surface area contributed by atoms with E-state index >= 15 is 0 Å². The maximum atomic E-state index is 13.2. The molecule has 3 aromatic carbocycles. The number of ether oxygens (including phenoxy) is 2. The van der Waals surface area contributed by atoms with Crippen LogP contribution in [0.25, 0.3) is 0 Å². The van der Waals surface area contributed by atoms with Crippen molar-refractivity contribution in [3.05, 3.63) is 88.7 Å². The Labute approximate surface area is 196 Å². The summed E-state index contributed by atoms with van der Waals surface area (Å²) in [6, 6.07) is 16.5. The molecule has 0 fully saturated rings. The van der Waals surface area contributed by atoms with E-state index in [1.807, 2.05) is 0 Å². The van der Waals surface area contributed by atoms with Crippen molar-refractivity contribution in [2.45, 2.75) is 11.4 Å². The zero-order chi connectivity index (χ0) is 23.8.